The van der Waals surface area contributed by atoms with Crippen molar-refractivity contribution in [3.63, 3.8) is 0 Å². The van der Waals surface area contributed by atoms with E-state index in [2.05, 4.69) is 0 Å². The Labute approximate surface area is 209 Å². The molecule has 0 N–H and O–H groups in total. The maximum absolute atomic E-state index is 12.9. The van der Waals surface area contributed by atoms with E-state index in [1.165, 1.54) is 11.3 Å². The lowest BCUT2D eigenvalue weighted by Crippen LogP contribution is -2.06. The Hall–Kier alpha value is -3.83. The van der Waals surface area contributed by atoms with Gasteiger partial charge in [-0.1, -0.05) is 61.5 Å². The number of carbonyl (C=O) groups excluding carboxylic acids is 3. The number of hydrogen-bond donors (Lipinski definition) is 0. The van der Waals surface area contributed by atoms with E-state index in [0.29, 0.717) is 29.7 Å². The molecule has 5 heteroatoms. The lowest BCUT2D eigenvalue weighted by molar-refractivity contribution is 0.0986. The monoisotopic (exact) mass is 482 g/mol. The number of ether oxygens (including phenoxy) is 1. The summed E-state index contributed by atoms with van der Waals surface area (Å²) in [6.07, 6.45) is 1.50. The van der Waals surface area contributed by atoms with Gasteiger partial charge in [-0.2, -0.15) is 0 Å². The molecule has 4 rings (SSSR count). The quantitative estimate of drug-likeness (QED) is 0.225. The predicted octanol–water partition coefficient (Wildman–Crippen LogP) is 6.62. The molecule has 0 aliphatic heterocycles. The summed E-state index contributed by atoms with van der Waals surface area (Å²) in [5.41, 5.74) is 3.47. The van der Waals surface area contributed by atoms with E-state index < -0.39 is 0 Å². The third kappa shape index (κ3) is 6.40. The van der Waals surface area contributed by atoms with Gasteiger partial charge in [0.2, 0.25) is 0 Å². The molecule has 35 heavy (non-hydrogen) atoms. The minimum atomic E-state index is -0.0957. The molecule has 0 atom stereocenters. The topological polar surface area (TPSA) is 60.4 Å². The van der Waals surface area contributed by atoms with Crippen molar-refractivity contribution in [1.82, 2.24) is 0 Å². The van der Waals surface area contributed by atoms with Crippen LogP contribution >= 0.6 is 11.3 Å². The highest BCUT2D eigenvalue weighted by Gasteiger charge is 2.13. The molecule has 1 heterocycles. The first-order valence-electron chi connectivity index (χ1n) is 11.6. The Morgan fingerprint density at radius 2 is 1.23 bits per heavy atom. The zero-order chi connectivity index (χ0) is 24.6. The molecule has 0 bridgehead atoms. The smallest absolute Gasteiger partial charge is 0.193 e. The van der Waals surface area contributed by atoms with E-state index in [9.17, 15) is 14.4 Å². The number of hydrogen-bond acceptors (Lipinski definition) is 5. The molecular weight excluding hydrogens is 456 g/mol. The molecule has 3 aromatic carbocycles. The van der Waals surface area contributed by atoms with Crippen molar-refractivity contribution >= 4 is 28.7 Å². The summed E-state index contributed by atoms with van der Waals surface area (Å²) >= 11 is 1.43. The number of carbonyl (C=O) groups is 3. The number of thiophene rings is 1. The summed E-state index contributed by atoms with van der Waals surface area (Å²) in [6, 6.07) is 25.2. The van der Waals surface area contributed by atoms with Crippen LogP contribution in [0.5, 0.6) is 5.75 Å². The standard InChI is InChI=1S/C30H26O4S/c1-2-17-34-26-15-13-23(14-16-26)27(31)19-21-5-9-24(10-6-21)30(33)25-11-7-22(8-12-25)20-28(32)29-4-3-18-35-29/h3-16,18H,2,17,19-20H2,1H3. The molecule has 0 saturated heterocycles. The van der Waals surface area contributed by atoms with Crippen LogP contribution in [0, 0.1) is 0 Å². The van der Waals surface area contributed by atoms with Crippen LogP contribution in [-0.2, 0) is 12.8 Å². The van der Waals surface area contributed by atoms with E-state index in [4.69, 9.17) is 4.74 Å². The van der Waals surface area contributed by atoms with Crippen molar-refractivity contribution in [2.24, 2.45) is 0 Å². The van der Waals surface area contributed by atoms with Crippen LogP contribution in [-0.4, -0.2) is 24.0 Å². The first-order chi connectivity index (χ1) is 17.0. The Morgan fingerprint density at radius 1 is 0.686 bits per heavy atom. The molecule has 1 aromatic heterocycles. The predicted molar refractivity (Wildman–Crippen MR) is 139 cm³/mol. The Kier molecular flexibility index (Phi) is 8.01. The summed E-state index contributed by atoms with van der Waals surface area (Å²) in [6.45, 7) is 2.70. The molecule has 0 radical (unpaired) electrons. The van der Waals surface area contributed by atoms with Gasteiger partial charge in [-0.3, -0.25) is 14.4 Å². The second-order valence-corrected chi connectivity index (χ2v) is 9.22. The van der Waals surface area contributed by atoms with E-state index in [0.717, 1.165) is 28.2 Å². The van der Waals surface area contributed by atoms with E-state index in [-0.39, 0.29) is 23.8 Å². The number of ketones is 3. The van der Waals surface area contributed by atoms with E-state index in [1.807, 2.05) is 60.8 Å². The summed E-state index contributed by atoms with van der Waals surface area (Å²) < 4.78 is 5.56. The maximum Gasteiger partial charge on any atom is 0.193 e. The van der Waals surface area contributed by atoms with Crippen molar-refractivity contribution in [1.29, 1.82) is 0 Å². The molecule has 4 aromatic rings. The van der Waals surface area contributed by atoms with Gasteiger partial charge >= 0.3 is 0 Å². The molecular formula is C30H26O4S. The third-order valence-corrected chi connectivity index (χ3v) is 6.52. The minimum absolute atomic E-state index is 0.0128. The average Bonchev–Trinajstić information content (AvgIpc) is 3.44. The summed E-state index contributed by atoms with van der Waals surface area (Å²) in [5, 5.41) is 1.89. The van der Waals surface area contributed by atoms with Crippen molar-refractivity contribution in [3.05, 3.63) is 123 Å². The molecule has 0 aliphatic rings. The van der Waals surface area contributed by atoms with E-state index in [1.54, 1.807) is 36.4 Å². The van der Waals surface area contributed by atoms with Gasteiger partial charge in [-0.15, -0.1) is 11.3 Å². The van der Waals surface area contributed by atoms with Crippen LogP contribution in [0.1, 0.15) is 60.4 Å². The van der Waals surface area contributed by atoms with Gasteiger partial charge in [-0.05, 0) is 53.3 Å². The summed E-state index contributed by atoms with van der Waals surface area (Å²) in [4.78, 5) is 38.5. The Balaban J connectivity index is 1.35. The van der Waals surface area contributed by atoms with Crippen LogP contribution in [0.4, 0.5) is 0 Å². The van der Waals surface area contributed by atoms with Gasteiger partial charge in [0.25, 0.3) is 0 Å². The third-order valence-electron chi connectivity index (χ3n) is 5.61. The molecule has 0 aliphatic carbocycles. The highest BCUT2D eigenvalue weighted by Crippen LogP contribution is 2.18. The molecule has 176 valence electrons. The van der Waals surface area contributed by atoms with Gasteiger partial charge in [0.05, 0.1) is 11.5 Å². The number of rotatable bonds is 11. The molecule has 4 nitrogen and oxygen atoms in total. The normalized spacial score (nSPS) is 10.7. The van der Waals surface area contributed by atoms with Crippen LogP contribution in [0.15, 0.2) is 90.3 Å². The van der Waals surface area contributed by atoms with Crippen LogP contribution in [0.3, 0.4) is 0 Å². The second-order valence-electron chi connectivity index (χ2n) is 8.27. The fourth-order valence-corrected chi connectivity index (χ4v) is 4.33. The average molecular weight is 483 g/mol. The molecule has 0 spiro atoms. The number of benzene rings is 3. The fourth-order valence-electron chi connectivity index (χ4n) is 3.67. The van der Waals surface area contributed by atoms with Gasteiger partial charge in [-0.25, -0.2) is 0 Å². The fraction of sp³-hybridized carbons (Fsp3) is 0.167. The van der Waals surface area contributed by atoms with Crippen molar-refractivity contribution in [2.75, 3.05) is 6.61 Å². The SMILES string of the molecule is CCCOc1ccc(C(=O)Cc2ccc(C(=O)c3ccc(CC(=O)c4cccs4)cc3)cc2)cc1. The highest BCUT2D eigenvalue weighted by molar-refractivity contribution is 7.12. The van der Waals surface area contributed by atoms with E-state index >= 15 is 0 Å². The number of Topliss-reactive ketones (excluding diaryl/α,β-unsaturated/α-hetero) is 2. The van der Waals surface area contributed by atoms with Gasteiger partial charge < -0.3 is 4.74 Å². The first-order valence-corrected chi connectivity index (χ1v) is 12.5. The summed E-state index contributed by atoms with van der Waals surface area (Å²) in [7, 11) is 0. The second kappa shape index (κ2) is 11.5. The van der Waals surface area contributed by atoms with Crippen LogP contribution < -0.4 is 4.74 Å². The Morgan fingerprint density at radius 3 is 1.74 bits per heavy atom. The lowest BCUT2D eigenvalue weighted by atomic mass is 9.97. The van der Waals surface area contributed by atoms with Crippen LogP contribution in [0.25, 0.3) is 0 Å². The van der Waals surface area contributed by atoms with Crippen molar-refractivity contribution < 1.29 is 19.1 Å². The molecule has 0 unspecified atom stereocenters. The molecule has 0 fully saturated rings. The molecule has 0 saturated carbocycles. The van der Waals surface area contributed by atoms with Gasteiger partial charge in [0, 0.05) is 29.5 Å². The minimum Gasteiger partial charge on any atom is -0.494 e. The van der Waals surface area contributed by atoms with Gasteiger partial charge in [0.15, 0.2) is 17.3 Å². The molecule has 0 amide bonds. The zero-order valence-electron chi connectivity index (χ0n) is 19.5. The van der Waals surface area contributed by atoms with Crippen molar-refractivity contribution in [3.8, 4) is 5.75 Å². The zero-order valence-corrected chi connectivity index (χ0v) is 20.3. The first kappa shape index (κ1) is 24.3. The van der Waals surface area contributed by atoms with Crippen LogP contribution in [0.2, 0.25) is 0 Å². The lowest BCUT2D eigenvalue weighted by Gasteiger charge is -2.07. The largest absolute Gasteiger partial charge is 0.494 e. The Bertz CT molecular complexity index is 1290. The van der Waals surface area contributed by atoms with Crippen molar-refractivity contribution in [2.45, 2.75) is 26.2 Å². The van der Waals surface area contributed by atoms with Gasteiger partial charge in [0.1, 0.15) is 5.75 Å². The summed E-state index contributed by atoms with van der Waals surface area (Å²) in [5.74, 6) is 0.749. The maximum atomic E-state index is 12.9. The highest BCUT2D eigenvalue weighted by atomic mass is 32.1.